The molecule has 2 amide bonds. The number of hydrogen-bond donors (Lipinski definition) is 4. The molecule has 0 aliphatic heterocycles. The van der Waals surface area contributed by atoms with Gasteiger partial charge in [0.25, 0.3) is 5.91 Å². The molecule has 10 nitrogen and oxygen atoms in total. The first kappa shape index (κ1) is 26.6. The standard InChI is InChI=1S/C28H32FN7O3/c1-17(37)34-27-6-8-28(16-27,9-7-27)35-21-11-22(23-5-4-19-10-18(12-30)13-33-36(19)23)31-14-20(21)25(38)32-15-24(29)26(2,3)39/h4-5,10-11,13-14,24,39H,6-9,15-16H2,1-3H3,(H,31,35)(H,32,38)(H,34,37)/t24-,27?,28?/m1/s1. The molecule has 1 atom stereocenters. The highest BCUT2D eigenvalue weighted by Crippen LogP contribution is 2.52. The van der Waals surface area contributed by atoms with Gasteiger partial charge in [-0.05, 0) is 70.2 Å². The predicted molar refractivity (Wildman–Crippen MR) is 143 cm³/mol. The van der Waals surface area contributed by atoms with Crippen LogP contribution >= 0.6 is 0 Å². The summed E-state index contributed by atoms with van der Waals surface area (Å²) in [6.07, 6.45) is 5.33. The fourth-order valence-electron chi connectivity index (χ4n) is 5.87. The van der Waals surface area contributed by atoms with Crippen molar-refractivity contribution in [2.45, 2.75) is 75.7 Å². The number of aliphatic hydroxyl groups is 1. The number of hydrogen-bond acceptors (Lipinski definition) is 7. The molecule has 0 unspecified atom stereocenters. The molecule has 0 radical (unpaired) electrons. The molecule has 2 bridgehead atoms. The number of halogens is 1. The van der Waals surface area contributed by atoms with Gasteiger partial charge in [-0.25, -0.2) is 8.91 Å². The zero-order valence-corrected chi connectivity index (χ0v) is 22.2. The van der Waals surface area contributed by atoms with Gasteiger partial charge in [0.05, 0.1) is 52.1 Å². The number of fused-ring (bicyclic) bond motifs is 3. The average molecular weight is 534 g/mol. The van der Waals surface area contributed by atoms with Gasteiger partial charge in [-0.1, -0.05) is 0 Å². The molecule has 2 saturated carbocycles. The van der Waals surface area contributed by atoms with Crippen LogP contribution in [0, 0.1) is 11.3 Å². The Balaban J connectivity index is 1.49. The van der Waals surface area contributed by atoms with Crippen LogP contribution in [0.3, 0.4) is 0 Å². The minimum absolute atomic E-state index is 0.0567. The molecule has 2 aliphatic carbocycles. The second kappa shape index (κ2) is 9.61. The average Bonchev–Trinajstić information content (AvgIpc) is 3.56. The van der Waals surface area contributed by atoms with Crippen molar-refractivity contribution < 1.29 is 19.1 Å². The summed E-state index contributed by atoms with van der Waals surface area (Å²) in [5, 5.41) is 32.8. The van der Waals surface area contributed by atoms with Crippen LogP contribution in [0.4, 0.5) is 10.1 Å². The van der Waals surface area contributed by atoms with Gasteiger partial charge in [-0.15, -0.1) is 0 Å². The quantitative estimate of drug-likeness (QED) is 0.348. The molecule has 39 heavy (non-hydrogen) atoms. The maximum atomic E-state index is 14.4. The lowest BCUT2D eigenvalue weighted by Gasteiger charge is -2.30. The number of alkyl halides is 1. The van der Waals surface area contributed by atoms with Crippen LogP contribution in [-0.2, 0) is 4.79 Å². The van der Waals surface area contributed by atoms with Crippen LogP contribution in [0.5, 0.6) is 0 Å². The fraction of sp³-hybridized carbons (Fsp3) is 0.464. The van der Waals surface area contributed by atoms with Gasteiger partial charge in [-0.3, -0.25) is 14.6 Å². The smallest absolute Gasteiger partial charge is 0.255 e. The maximum absolute atomic E-state index is 14.4. The van der Waals surface area contributed by atoms with E-state index >= 15 is 0 Å². The molecule has 5 rings (SSSR count). The minimum Gasteiger partial charge on any atom is -0.387 e. The molecule has 0 saturated heterocycles. The third-order valence-corrected chi connectivity index (χ3v) is 7.93. The highest BCUT2D eigenvalue weighted by Gasteiger charge is 2.55. The number of carbonyl (C=O) groups excluding carboxylic acids is 2. The summed E-state index contributed by atoms with van der Waals surface area (Å²) < 4.78 is 16.0. The largest absolute Gasteiger partial charge is 0.387 e. The van der Waals surface area contributed by atoms with E-state index < -0.39 is 17.7 Å². The molecular weight excluding hydrogens is 501 g/mol. The Morgan fingerprint density at radius 3 is 2.59 bits per heavy atom. The van der Waals surface area contributed by atoms with E-state index in [4.69, 9.17) is 0 Å². The third kappa shape index (κ3) is 5.16. The molecule has 3 heterocycles. The number of aromatic nitrogens is 3. The molecule has 2 fully saturated rings. The molecule has 4 N–H and O–H groups in total. The van der Waals surface area contributed by atoms with Gasteiger partial charge in [0.15, 0.2) is 0 Å². The van der Waals surface area contributed by atoms with Crippen molar-refractivity contribution in [3.63, 3.8) is 0 Å². The van der Waals surface area contributed by atoms with E-state index in [0.29, 0.717) is 22.6 Å². The van der Waals surface area contributed by atoms with E-state index in [-0.39, 0.29) is 29.1 Å². The number of carbonyl (C=O) groups is 2. The van der Waals surface area contributed by atoms with Crippen LogP contribution in [0.25, 0.3) is 16.9 Å². The molecule has 3 aromatic rings. The Hall–Kier alpha value is -4.04. The highest BCUT2D eigenvalue weighted by molar-refractivity contribution is 6.00. The number of rotatable bonds is 8. The summed E-state index contributed by atoms with van der Waals surface area (Å²) in [4.78, 5) is 29.6. The summed E-state index contributed by atoms with van der Waals surface area (Å²) in [6.45, 7) is 3.88. The van der Waals surface area contributed by atoms with Gasteiger partial charge in [0, 0.05) is 24.2 Å². The molecule has 2 aliphatic rings. The van der Waals surface area contributed by atoms with Crippen molar-refractivity contribution >= 4 is 23.0 Å². The minimum atomic E-state index is -1.65. The third-order valence-electron chi connectivity index (χ3n) is 7.93. The number of nitriles is 1. The molecule has 204 valence electrons. The lowest BCUT2D eigenvalue weighted by molar-refractivity contribution is -0.120. The summed E-state index contributed by atoms with van der Waals surface area (Å²) in [5.74, 6) is -0.570. The van der Waals surface area contributed by atoms with Crippen molar-refractivity contribution in [2.24, 2.45) is 0 Å². The fourth-order valence-corrected chi connectivity index (χ4v) is 5.87. The number of anilines is 1. The van der Waals surface area contributed by atoms with Crippen LogP contribution < -0.4 is 16.0 Å². The highest BCUT2D eigenvalue weighted by atomic mass is 19.1. The van der Waals surface area contributed by atoms with Crippen LogP contribution in [0.1, 0.15) is 68.8 Å². The van der Waals surface area contributed by atoms with Gasteiger partial charge < -0.3 is 21.1 Å². The van der Waals surface area contributed by atoms with Crippen molar-refractivity contribution in [1.82, 2.24) is 25.2 Å². The Bertz CT molecular complexity index is 1480. The first-order valence-corrected chi connectivity index (χ1v) is 13.0. The SMILES string of the molecule is CC(=O)NC12CCC(Nc3cc(-c4ccc5cc(C#N)cnn45)ncc3C(=O)NC[C@@H](F)C(C)(C)O)(CC1)C2. The van der Waals surface area contributed by atoms with E-state index in [1.165, 1.54) is 33.2 Å². The first-order chi connectivity index (χ1) is 18.4. The topological polar surface area (TPSA) is 144 Å². The van der Waals surface area contributed by atoms with Gasteiger partial charge in [0.1, 0.15) is 12.2 Å². The number of amides is 2. The number of pyridine rings is 1. The summed E-state index contributed by atoms with van der Waals surface area (Å²) in [5.41, 5.74) is 1.04. The van der Waals surface area contributed by atoms with E-state index in [1.54, 1.807) is 16.6 Å². The normalized spacial score (nSPS) is 22.9. The zero-order chi connectivity index (χ0) is 28.0. The van der Waals surface area contributed by atoms with E-state index in [9.17, 15) is 24.3 Å². The van der Waals surface area contributed by atoms with Gasteiger partial charge in [-0.2, -0.15) is 10.4 Å². The first-order valence-electron chi connectivity index (χ1n) is 13.0. The molecule has 0 aromatic carbocycles. The van der Waals surface area contributed by atoms with E-state index in [0.717, 1.165) is 37.6 Å². The lowest BCUT2D eigenvalue weighted by atomic mass is 9.90. The zero-order valence-electron chi connectivity index (χ0n) is 22.2. The van der Waals surface area contributed by atoms with Crippen LogP contribution in [-0.4, -0.2) is 60.9 Å². The predicted octanol–water partition coefficient (Wildman–Crippen LogP) is 3.11. The van der Waals surface area contributed by atoms with E-state index in [2.05, 4.69) is 32.1 Å². The Morgan fingerprint density at radius 1 is 1.21 bits per heavy atom. The second-order valence-corrected chi connectivity index (χ2v) is 11.4. The number of nitrogens with one attached hydrogen (secondary N) is 3. The Kier molecular flexibility index (Phi) is 6.55. The molecule has 0 spiro atoms. The summed E-state index contributed by atoms with van der Waals surface area (Å²) >= 11 is 0. The monoisotopic (exact) mass is 533 g/mol. The second-order valence-electron chi connectivity index (χ2n) is 11.4. The van der Waals surface area contributed by atoms with Crippen molar-refractivity contribution in [3.05, 3.63) is 47.8 Å². The summed E-state index contributed by atoms with van der Waals surface area (Å²) in [7, 11) is 0. The van der Waals surface area contributed by atoms with E-state index in [1.807, 2.05) is 12.1 Å². The van der Waals surface area contributed by atoms with Crippen LogP contribution in [0.15, 0.2) is 36.7 Å². The van der Waals surface area contributed by atoms with Crippen molar-refractivity contribution in [3.8, 4) is 17.5 Å². The van der Waals surface area contributed by atoms with Gasteiger partial charge in [0.2, 0.25) is 5.91 Å². The van der Waals surface area contributed by atoms with Crippen molar-refractivity contribution in [2.75, 3.05) is 11.9 Å². The maximum Gasteiger partial charge on any atom is 0.255 e. The molecule has 3 aromatic heterocycles. The Morgan fingerprint density at radius 2 is 1.92 bits per heavy atom. The lowest BCUT2D eigenvalue weighted by Crippen LogP contribution is -2.43. The van der Waals surface area contributed by atoms with Crippen LogP contribution in [0.2, 0.25) is 0 Å². The Labute approximate surface area is 225 Å². The summed E-state index contributed by atoms with van der Waals surface area (Å²) in [6, 6.07) is 9.27. The molecular formula is C28H32FN7O3. The van der Waals surface area contributed by atoms with Gasteiger partial charge >= 0.3 is 0 Å². The molecule has 11 heteroatoms. The number of nitrogens with zero attached hydrogens (tertiary/aromatic N) is 4. The van der Waals surface area contributed by atoms with Crippen molar-refractivity contribution in [1.29, 1.82) is 5.26 Å².